The number of rotatable bonds is 7. The number of hydrogen-bond donors (Lipinski definition) is 1. The fraction of sp³-hybridized carbons (Fsp3) is 0.278. The van der Waals surface area contributed by atoms with E-state index in [0.717, 1.165) is 5.56 Å². The van der Waals surface area contributed by atoms with Crippen molar-refractivity contribution >= 4 is 5.91 Å². The molecule has 0 bridgehead atoms. The highest BCUT2D eigenvalue weighted by atomic mass is 16.5. The second-order valence-corrected chi connectivity index (χ2v) is 4.94. The van der Waals surface area contributed by atoms with Gasteiger partial charge in [-0.2, -0.15) is 0 Å². The van der Waals surface area contributed by atoms with Crippen molar-refractivity contribution in [3.63, 3.8) is 0 Å². The predicted molar refractivity (Wildman–Crippen MR) is 90.3 cm³/mol. The first-order chi connectivity index (χ1) is 11.6. The first-order valence-electron chi connectivity index (χ1n) is 7.34. The maximum Gasteiger partial charge on any atom is 0.259 e. The summed E-state index contributed by atoms with van der Waals surface area (Å²) in [6.07, 6.45) is 0. The molecule has 6 heteroatoms. The third kappa shape index (κ3) is 3.90. The van der Waals surface area contributed by atoms with Crippen LogP contribution in [0.25, 0.3) is 0 Å². The molecule has 1 amide bonds. The third-order valence-electron chi connectivity index (χ3n) is 3.52. The Hall–Kier alpha value is -2.89. The van der Waals surface area contributed by atoms with Crippen LogP contribution in [0, 0.1) is 0 Å². The van der Waals surface area contributed by atoms with Crippen molar-refractivity contribution in [2.75, 3.05) is 28.4 Å². The summed E-state index contributed by atoms with van der Waals surface area (Å²) in [6, 6.07) is 10.6. The Morgan fingerprint density at radius 3 is 1.88 bits per heavy atom. The summed E-state index contributed by atoms with van der Waals surface area (Å²) in [5.41, 5.74) is 1.21. The lowest BCUT2D eigenvalue weighted by molar-refractivity contribution is 0.0944. The Balaban J connectivity index is 2.20. The molecule has 2 aromatic carbocycles. The van der Waals surface area contributed by atoms with E-state index in [0.29, 0.717) is 35.1 Å². The van der Waals surface area contributed by atoms with Crippen molar-refractivity contribution < 1.29 is 23.7 Å². The molecule has 2 rings (SSSR count). The van der Waals surface area contributed by atoms with E-state index in [1.54, 1.807) is 38.5 Å². The lowest BCUT2D eigenvalue weighted by Crippen LogP contribution is -2.24. The van der Waals surface area contributed by atoms with Gasteiger partial charge in [0.2, 0.25) is 0 Å². The van der Waals surface area contributed by atoms with Gasteiger partial charge in [-0.25, -0.2) is 0 Å². The van der Waals surface area contributed by atoms with Crippen molar-refractivity contribution in [1.82, 2.24) is 5.32 Å². The highest BCUT2D eigenvalue weighted by Gasteiger charge is 2.18. The Morgan fingerprint density at radius 2 is 1.42 bits per heavy atom. The van der Waals surface area contributed by atoms with E-state index in [1.807, 2.05) is 12.1 Å². The second kappa shape index (κ2) is 8.10. The van der Waals surface area contributed by atoms with Crippen LogP contribution in [-0.4, -0.2) is 34.3 Å². The Labute approximate surface area is 141 Å². The quantitative estimate of drug-likeness (QED) is 0.845. The largest absolute Gasteiger partial charge is 0.497 e. The molecule has 2 aromatic rings. The molecule has 0 radical (unpaired) electrons. The second-order valence-electron chi connectivity index (χ2n) is 4.94. The van der Waals surface area contributed by atoms with Crippen LogP contribution in [0.15, 0.2) is 36.4 Å². The lowest BCUT2D eigenvalue weighted by Gasteiger charge is -2.13. The minimum atomic E-state index is -0.286. The van der Waals surface area contributed by atoms with Crippen LogP contribution in [-0.2, 0) is 6.54 Å². The van der Waals surface area contributed by atoms with Crippen molar-refractivity contribution in [2.45, 2.75) is 6.54 Å². The number of amides is 1. The molecule has 0 unspecified atom stereocenters. The van der Waals surface area contributed by atoms with E-state index in [1.165, 1.54) is 14.2 Å². The molecular weight excluding hydrogens is 310 g/mol. The van der Waals surface area contributed by atoms with Crippen molar-refractivity contribution in [1.29, 1.82) is 0 Å². The van der Waals surface area contributed by atoms with E-state index in [4.69, 9.17) is 18.9 Å². The van der Waals surface area contributed by atoms with E-state index in [2.05, 4.69) is 5.32 Å². The van der Waals surface area contributed by atoms with Crippen LogP contribution in [0.4, 0.5) is 0 Å². The van der Waals surface area contributed by atoms with Crippen LogP contribution in [0.5, 0.6) is 23.0 Å². The molecule has 24 heavy (non-hydrogen) atoms. The summed E-state index contributed by atoms with van der Waals surface area (Å²) in [5, 5.41) is 2.86. The van der Waals surface area contributed by atoms with Gasteiger partial charge >= 0.3 is 0 Å². The summed E-state index contributed by atoms with van der Waals surface area (Å²) in [4.78, 5) is 12.6. The molecule has 0 aliphatic carbocycles. The van der Waals surface area contributed by atoms with Gasteiger partial charge in [-0.15, -0.1) is 0 Å². The minimum Gasteiger partial charge on any atom is -0.497 e. The van der Waals surface area contributed by atoms with Crippen molar-refractivity contribution in [3.05, 3.63) is 47.5 Å². The first-order valence-corrected chi connectivity index (χ1v) is 7.34. The normalized spacial score (nSPS) is 10.0. The van der Waals surface area contributed by atoms with E-state index < -0.39 is 0 Å². The monoisotopic (exact) mass is 331 g/mol. The van der Waals surface area contributed by atoms with Crippen LogP contribution in [0.3, 0.4) is 0 Å². The van der Waals surface area contributed by atoms with Gasteiger partial charge in [-0.1, -0.05) is 6.07 Å². The van der Waals surface area contributed by atoms with Crippen LogP contribution >= 0.6 is 0 Å². The number of methoxy groups -OCH3 is 4. The Bertz CT molecular complexity index is 670. The van der Waals surface area contributed by atoms with E-state index >= 15 is 0 Å². The van der Waals surface area contributed by atoms with Crippen molar-refractivity contribution in [2.24, 2.45) is 0 Å². The molecule has 0 saturated heterocycles. The van der Waals surface area contributed by atoms with Gasteiger partial charge in [0.15, 0.2) is 0 Å². The molecule has 0 heterocycles. The summed E-state index contributed by atoms with van der Waals surface area (Å²) in [7, 11) is 6.19. The highest BCUT2D eigenvalue weighted by Crippen LogP contribution is 2.28. The number of carbonyl (C=O) groups excluding carboxylic acids is 1. The molecule has 0 fully saturated rings. The van der Waals surface area contributed by atoms with E-state index in [-0.39, 0.29) is 5.91 Å². The van der Waals surface area contributed by atoms with Crippen molar-refractivity contribution in [3.8, 4) is 23.0 Å². The number of benzene rings is 2. The number of ether oxygens (including phenoxy) is 4. The summed E-state index contributed by atoms with van der Waals surface area (Å²) in [6.45, 7) is 0.313. The summed E-state index contributed by atoms with van der Waals surface area (Å²) in [5.74, 6) is 1.94. The highest BCUT2D eigenvalue weighted by molar-refractivity contribution is 5.99. The molecule has 0 saturated carbocycles. The van der Waals surface area contributed by atoms with Gasteiger partial charge in [0, 0.05) is 12.6 Å². The average molecular weight is 331 g/mol. The van der Waals surface area contributed by atoms with Crippen LogP contribution in [0.2, 0.25) is 0 Å². The molecule has 0 aliphatic heterocycles. The standard InChI is InChI=1S/C18H21NO5/c1-21-13-8-12(9-14(10-13)22-2)11-19-18(20)17-15(23-3)6-5-7-16(17)24-4/h5-10H,11H2,1-4H3,(H,19,20). The Morgan fingerprint density at radius 1 is 0.875 bits per heavy atom. The predicted octanol–water partition coefficient (Wildman–Crippen LogP) is 2.65. The number of nitrogens with one attached hydrogen (secondary N) is 1. The fourth-order valence-corrected chi connectivity index (χ4v) is 2.31. The van der Waals surface area contributed by atoms with Gasteiger partial charge in [-0.3, -0.25) is 4.79 Å². The molecule has 128 valence electrons. The van der Waals surface area contributed by atoms with Gasteiger partial charge in [0.1, 0.15) is 28.6 Å². The summed E-state index contributed by atoms with van der Waals surface area (Å²) >= 11 is 0. The Kier molecular flexibility index (Phi) is 5.89. The molecule has 0 atom stereocenters. The lowest BCUT2D eigenvalue weighted by atomic mass is 10.1. The molecule has 6 nitrogen and oxygen atoms in total. The summed E-state index contributed by atoms with van der Waals surface area (Å²) < 4.78 is 21.0. The van der Waals surface area contributed by atoms with Gasteiger partial charge in [0.25, 0.3) is 5.91 Å². The topological polar surface area (TPSA) is 66.0 Å². The zero-order valence-electron chi connectivity index (χ0n) is 14.2. The zero-order chi connectivity index (χ0) is 17.5. The number of hydrogen-bond acceptors (Lipinski definition) is 5. The minimum absolute atomic E-state index is 0.286. The number of carbonyl (C=O) groups is 1. The molecule has 0 spiro atoms. The van der Waals surface area contributed by atoms with Gasteiger partial charge in [0.05, 0.1) is 28.4 Å². The smallest absolute Gasteiger partial charge is 0.259 e. The van der Waals surface area contributed by atoms with E-state index in [9.17, 15) is 4.79 Å². The molecule has 0 aromatic heterocycles. The third-order valence-corrected chi connectivity index (χ3v) is 3.52. The van der Waals surface area contributed by atoms with Gasteiger partial charge in [-0.05, 0) is 29.8 Å². The van der Waals surface area contributed by atoms with Crippen LogP contribution < -0.4 is 24.3 Å². The SMILES string of the molecule is COc1cc(CNC(=O)c2c(OC)cccc2OC)cc(OC)c1. The maximum atomic E-state index is 12.6. The average Bonchev–Trinajstić information content (AvgIpc) is 2.64. The molecule has 1 N–H and O–H groups in total. The zero-order valence-corrected chi connectivity index (χ0v) is 14.2. The molecular formula is C18H21NO5. The van der Waals surface area contributed by atoms with Gasteiger partial charge < -0.3 is 24.3 Å². The maximum absolute atomic E-state index is 12.6. The first kappa shape index (κ1) is 17.5. The molecule has 0 aliphatic rings. The van der Waals surface area contributed by atoms with Crippen LogP contribution in [0.1, 0.15) is 15.9 Å². The fourth-order valence-electron chi connectivity index (χ4n) is 2.31.